The molecule has 0 saturated carbocycles. The number of halogens is 1. The van der Waals surface area contributed by atoms with Crippen LogP contribution in [0.4, 0.5) is 4.39 Å². The highest BCUT2D eigenvalue weighted by atomic mass is 19.1. The molecular formula is C21H21FN4O. The van der Waals surface area contributed by atoms with Crippen molar-refractivity contribution in [2.24, 2.45) is 0 Å². The molecule has 4 rings (SSSR count). The number of benzene rings is 1. The maximum absolute atomic E-state index is 13.1. The summed E-state index contributed by atoms with van der Waals surface area (Å²) in [4.78, 5) is 12.4. The molecule has 5 nitrogen and oxygen atoms in total. The van der Waals surface area contributed by atoms with Crippen molar-refractivity contribution >= 4 is 11.6 Å². The van der Waals surface area contributed by atoms with Crippen molar-refractivity contribution in [1.29, 1.82) is 0 Å². The first-order valence-electron chi connectivity index (χ1n) is 9.27. The molecule has 3 aromatic rings. The van der Waals surface area contributed by atoms with Crippen molar-refractivity contribution in [3.8, 4) is 11.4 Å². The number of hydrogen-bond donors (Lipinski definition) is 1. The molecule has 1 amide bonds. The van der Waals surface area contributed by atoms with E-state index >= 15 is 0 Å². The Morgan fingerprint density at radius 1 is 1.15 bits per heavy atom. The molecular weight excluding hydrogens is 343 g/mol. The molecule has 0 unspecified atom stereocenters. The van der Waals surface area contributed by atoms with Gasteiger partial charge in [0.15, 0.2) is 11.5 Å². The number of aromatic nitrogens is 3. The highest BCUT2D eigenvalue weighted by Gasteiger charge is 2.12. The number of rotatable bonds is 5. The smallest absolute Gasteiger partial charge is 0.251 e. The van der Waals surface area contributed by atoms with Gasteiger partial charge < -0.3 is 5.32 Å². The molecule has 0 aliphatic heterocycles. The summed E-state index contributed by atoms with van der Waals surface area (Å²) in [6, 6.07) is 9.56. The monoisotopic (exact) mass is 364 g/mol. The summed E-state index contributed by atoms with van der Waals surface area (Å²) in [5.74, 6) is 0.206. The van der Waals surface area contributed by atoms with Crippen molar-refractivity contribution in [1.82, 2.24) is 19.9 Å². The first-order chi connectivity index (χ1) is 13.2. The van der Waals surface area contributed by atoms with Gasteiger partial charge >= 0.3 is 0 Å². The standard InChI is InChI=1S/C21H21FN4O/c22-18-8-6-16(7-9-18)20-25-24-19-14-17(11-13-26(19)20)21(27)23-12-10-15-4-2-1-3-5-15/h4,6-9,11,13-14H,1-3,5,10,12H2,(H,23,27). The molecule has 27 heavy (non-hydrogen) atoms. The van der Waals surface area contributed by atoms with Crippen LogP contribution in [0.2, 0.25) is 0 Å². The van der Waals surface area contributed by atoms with E-state index in [0.29, 0.717) is 23.6 Å². The van der Waals surface area contributed by atoms with Crippen LogP contribution in [-0.2, 0) is 0 Å². The summed E-state index contributed by atoms with van der Waals surface area (Å²) in [5.41, 5.74) is 3.34. The molecule has 0 fully saturated rings. The van der Waals surface area contributed by atoms with Gasteiger partial charge in [-0.15, -0.1) is 10.2 Å². The Bertz CT molecular complexity index is 991. The van der Waals surface area contributed by atoms with Crippen LogP contribution in [0, 0.1) is 5.82 Å². The Balaban J connectivity index is 1.46. The predicted molar refractivity (Wildman–Crippen MR) is 102 cm³/mol. The fourth-order valence-corrected chi connectivity index (χ4v) is 3.40. The zero-order valence-electron chi connectivity index (χ0n) is 15.0. The Labute approximate surface area is 156 Å². The minimum absolute atomic E-state index is 0.111. The van der Waals surface area contributed by atoms with Gasteiger partial charge in [-0.1, -0.05) is 11.6 Å². The van der Waals surface area contributed by atoms with Crippen molar-refractivity contribution in [2.45, 2.75) is 32.1 Å². The maximum Gasteiger partial charge on any atom is 0.251 e. The van der Waals surface area contributed by atoms with Crippen LogP contribution in [0.1, 0.15) is 42.5 Å². The van der Waals surface area contributed by atoms with Gasteiger partial charge in [0.2, 0.25) is 0 Å². The van der Waals surface area contributed by atoms with E-state index in [4.69, 9.17) is 0 Å². The van der Waals surface area contributed by atoms with Gasteiger partial charge in [0, 0.05) is 23.9 Å². The normalized spacial score (nSPS) is 14.2. The summed E-state index contributed by atoms with van der Waals surface area (Å²) in [6.45, 7) is 0.642. The molecule has 0 radical (unpaired) electrons. The Morgan fingerprint density at radius 3 is 2.78 bits per heavy atom. The van der Waals surface area contributed by atoms with Gasteiger partial charge in [-0.25, -0.2) is 4.39 Å². The lowest BCUT2D eigenvalue weighted by atomic mass is 9.97. The Morgan fingerprint density at radius 2 is 2.00 bits per heavy atom. The van der Waals surface area contributed by atoms with E-state index in [2.05, 4.69) is 21.6 Å². The molecule has 6 heteroatoms. The second-order valence-corrected chi connectivity index (χ2v) is 6.79. The summed E-state index contributed by atoms with van der Waals surface area (Å²) in [6.07, 6.45) is 9.81. The van der Waals surface area contributed by atoms with E-state index in [1.54, 1.807) is 34.9 Å². The number of nitrogens with zero attached hydrogens (tertiary/aromatic N) is 3. The molecule has 1 N–H and O–H groups in total. The average Bonchev–Trinajstić information content (AvgIpc) is 3.12. The third-order valence-corrected chi connectivity index (χ3v) is 4.89. The third-order valence-electron chi connectivity index (χ3n) is 4.89. The quantitative estimate of drug-likeness (QED) is 0.692. The molecule has 138 valence electrons. The van der Waals surface area contributed by atoms with Crippen LogP contribution < -0.4 is 5.32 Å². The SMILES string of the molecule is O=C(NCCC1=CCCCC1)c1ccn2c(-c3ccc(F)cc3)nnc2c1. The van der Waals surface area contributed by atoms with Crippen molar-refractivity contribution in [3.63, 3.8) is 0 Å². The predicted octanol–water partition coefficient (Wildman–Crippen LogP) is 4.16. The number of nitrogens with one attached hydrogen (secondary N) is 1. The largest absolute Gasteiger partial charge is 0.352 e. The van der Waals surface area contributed by atoms with E-state index in [-0.39, 0.29) is 11.7 Å². The lowest BCUT2D eigenvalue weighted by Crippen LogP contribution is -2.25. The molecule has 2 heterocycles. The number of hydrogen-bond acceptors (Lipinski definition) is 3. The first-order valence-corrected chi connectivity index (χ1v) is 9.27. The lowest BCUT2D eigenvalue weighted by molar-refractivity contribution is 0.0954. The second kappa shape index (κ2) is 7.70. The van der Waals surface area contributed by atoms with Crippen molar-refractivity contribution in [2.75, 3.05) is 6.54 Å². The van der Waals surface area contributed by atoms with Crippen molar-refractivity contribution in [3.05, 3.63) is 65.6 Å². The number of fused-ring (bicyclic) bond motifs is 1. The Hall–Kier alpha value is -3.02. The van der Waals surface area contributed by atoms with Gasteiger partial charge in [0.05, 0.1) is 0 Å². The van der Waals surface area contributed by atoms with E-state index in [1.807, 2.05) is 0 Å². The van der Waals surface area contributed by atoms with E-state index < -0.39 is 0 Å². The van der Waals surface area contributed by atoms with Crippen LogP contribution in [0.3, 0.4) is 0 Å². The highest BCUT2D eigenvalue weighted by molar-refractivity contribution is 5.95. The molecule has 0 atom stereocenters. The molecule has 1 aromatic carbocycles. The van der Waals surface area contributed by atoms with E-state index in [9.17, 15) is 9.18 Å². The van der Waals surface area contributed by atoms with E-state index in [1.165, 1.54) is 30.5 Å². The minimum Gasteiger partial charge on any atom is -0.352 e. The summed E-state index contributed by atoms with van der Waals surface area (Å²) in [7, 11) is 0. The average molecular weight is 364 g/mol. The second-order valence-electron chi connectivity index (χ2n) is 6.79. The number of allylic oxidation sites excluding steroid dienone is 1. The topological polar surface area (TPSA) is 59.3 Å². The summed E-state index contributed by atoms with van der Waals surface area (Å²) >= 11 is 0. The number of carbonyl (C=O) groups excluding carboxylic acids is 1. The molecule has 1 aliphatic carbocycles. The zero-order valence-corrected chi connectivity index (χ0v) is 15.0. The maximum atomic E-state index is 13.1. The highest BCUT2D eigenvalue weighted by Crippen LogP contribution is 2.20. The van der Waals surface area contributed by atoms with Crippen LogP contribution in [-0.4, -0.2) is 27.0 Å². The van der Waals surface area contributed by atoms with Crippen LogP contribution in [0.15, 0.2) is 54.2 Å². The molecule has 2 aromatic heterocycles. The molecule has 0 saturated heterocycles. The third kappa shape index (κ3) is 3.89. The van der Waals surface area contributed by atoms with Gasteiger partial charge in [-0.05, 0) is 68.5 Å². The number of carbonyl (C=O) groups is 1. The molecule has 0 bridgehead atoms. The van der Waals surface area contributed by atoms with Gasteiger partial charge in [0.1, 0.15) is 5.82 Å². The van der Waals surface area contributed by atoms with Gasteiger partial charge in [-0.2, -0.15) is 0 Å². The van der Waals surface area contributed by atoms with Crippen LogP contribution >= 0.6 is 0 Å². The van der Waals surface area contributed by atoms with Crippen LogP contribution in [0.5, 0.6) is 0 Å². The van der Waals surface area contributed by atoms with Crippen LogP contribution in [0.25, 0.3) is 17.0 Å². The molecule has 0 spiro atoms. The fourth-order valence-electron chi connectivity index (χ4n) is 3.40. The number of pyridine rings is 1. The fraction of sp³-hybridized carbons (Fsp3) is 0.286. The zero-order chi connectivity index (χ0) is 18.6. The lowest BCUT2D eigenvalue weighted by Gasteiger charge is -2.13. The van der Waals surface area contributed by atoms with Crippen molar-refractivity contribution < 1.29 is 9.18 Å². The van der Waals surface area contributed by atoms with E-state index in [0.717, 1.165) is 24.8 Å². The number of amides is 1. The first kappa shape index (κ1) is 17.4. The molecule has 1 aliphatic rings. The summed E-state index contributed by atoms with van der Waals surface area (Å²) in [5, 5.41) is 11.3. The minimum atomic E-state index is -0.296. The van der Waals surface area contributed by atoms with Gasteiger partial charge in [-0.3, -0.25) is 9.20 Å². The Kier molecular flexibility index (Phi) is 4.96. The summed E-state index contributed by atoms with van der Waals surface area (Å²) < 4.78 is 14.9. The van der Waals surface area contributed by atoms with Gasteiger partial charge in [0.25, 0.3) is 5.91 Å².